The van der Waals surface area contributed by atoms with Crippen LogP contribution in [0.4, 0.5) is 0 Å². The van der Waals surface area contributed by atoms with E-state index in [0.717, 1.165) is 18.6 Å². The van der Waals surface area contributed by atoms with Crippen LogP contribution in [-0.2, 0) is 4.74 Å². The lowest BCUT2D eigenvalue weighted by Crippen LogP contribution is -2.52. The van der Waals surface area contributed by atoms with E-state index in [1.165, 1.54) is 63.2 Å². The summed E-state index contributed by atoms with van der Waals surface area (Å²) in [5.74, 6) is 3.38. The van der Waals surface area contributed by atoms with Crippen LogP contribution in [0.2, 0.25) is 0 Å². The summed E-state index contributed by atoms with van der Waals surface area (Å²) in [6, 6.07) is 1.39. The fraction of sp³-hybridized carbons (Fsp3) is 1.00. The van der Waals surface area contributed by atoms with Crippen molar-refractivity contribution in [3.8, 4) is 0 Å². The molecule has 0 aliphatic carbocycles. The zero-order valence-electron chi connectivity index (χ0n) is 13.8. The van der Waals surface area contributed by atoms with Crippen LogP contribution in [0.3, 0.4) is 0 Å². The summed E-state index contributed by atoms with van der Waals surface area (Å²) in [5.41, 5.74) is 0.233. The van der Waals surface area contributed by atoms with Gasteiger partial charge in [-0.1, -0.05) is 13.8 Å². The number of thioether (sulfide) groups is 1. The number of ether oxygens (including phenoxy) is 1. The van der Waals surface area contributed by atoms with Gasteiger partial charge in [0, 0.05) is 31.0 Å². The summed E-state index contributed by atoms with van der Waals surface area (Å²) >= 11 is 2.09. The van der Waals surface area contributed by atoms with E-state index in [9.17, 15) is 0 Å². The maximum absolute atomic E-state index is 6.19. The Morgan fingerprint density at radius 3 is 3.05 bits per heavy atom. The third kappa shape index (κ3) is 4.15. The van der Waals surface area contributed by atoms with Crippen molar-refractivity contribution in [2.24, 2.45) is 5.92 Å². The molecule has 3 heterocycles. The predicted molar refractivity (Wildman–Crippen MR) is 91.1 cm³/mol. The molecule has 4 heteroatoms. The highest BCUT2D eigenvalue weighted by molar-refractivity contribution is 7.99. The molecule has 3 saturated heterocycles. The molecule has 122 valence electrons. The molecule has 0 amide bonds. The first-order chi connectivity index (χ1) is 10.2. The normalized spacial score (nSPS) is 38.4. The van der Waals surface area contributed by atoms with Gasteiger partial charge in [-0.25, -0.2) is 0 Å². The SMILES string of the molecule is CC(C)NCC1CCCN(C2CCOC3(CCSC3)C2)C1. The van der Waals surface area contributed by atoms with Crippen LogP contribution in [0.5, 0.6) is 0 Å². The molecular weight excluding hydrogens is 280 g/mol. The molecule has 3 unspecified atom stereocenters. The first kappa shape index (κ1) is 16.1. The molecule has 3 aliphatic heterocycles. The van der Waals surface area contributed by atoms with Crippen molar-refractivity contribution >= 4 is 11.8 Å². The van der Waals surface area contributed by atoms with Gasteiger partial charge in [0.05, 0.1) is 5.60 Å². The minimum atomic E-state index is 0.233. The number of likely N-dealkylation sites (tertiary alicyclic amines) is 1. The van der Waals surface area contributed by atoms with Crippen LogP contribution >= 0.6 is 11.8 Å². The largest absolute Gasteiger partial charge is 0.374 e. The quantitative estimate of drug-likeness (QED) is 0.863. The fourth-order valence-electron chi connectivity index (χ4n) is 4.17. The van der Waals surface area contributed by atoms with E-state index in [1.807, 2.05) is 0 Å². The van der Waals surface area contributed by atoms with Crippen LogP contribution in [0.25, 0.3) is 0 Å². The Morgan fingerprint density at radius 2 is 2.29 bits per heavy atom. The minimum Gasteiger partial charge on any atom is -0.374 e. The van der Waals surface area contributed by atoms with Crippen LogP contribution in [0.1, 0.15) is 46.0 Å². The van der Waals surface area contributed by atoms with Gasteiger partial charge >= 0.3 is 0 Å². The maximum atomic E-state index is 6.19. The van der Waals surface area contributed by atoms with Crippen molar-refractivity contribution in [2.45, 2.75) is 63.6 Å². The van der Waals surface area contributed by atoms with Gasteiger partial charge in [0.2, 0.25) is 0 Å². The molecule has 1 N–H and O–H groups in total. The van der Waals surface area contributed by atoms with Gasteiger partial charge in [0.15, 0.2) is 0 Å². The smallest absolute Gasteiger partial charge is 0.0795 e. The molecule has 3 nitrogen and oxygen atoms in total. The van der Waals surface area contributed by atoms with Gasteiger partial charge in [-0.05, 0) is 56.9 Å². The van der Waals surface area contributed by atoms with E-state index < -0.39 is 0 Å². The number of rotatable bonds is 4. The van der Waals surface area contributed by atoms with E-state index in [2.05, 4.69) is 35.8 Å². The second-order valence-corrected chi connectivity index (χ2v) is 8.65. The summed E-state index contributed by atoms with van der Waals surface area (Å²) in [4.78, 5) is 2.80. The minimum absolute atomic E-state index is 0.233. The molecule has 3 atom stereocenters. The highest BCUT2D eigenvalue weighted by Gasteiger charge is 2.42. The topological polar surface area (TPSA) is 24.5 Å². The van der Waals surface area contributed by atoms with Gasteiger partial charge in [0.1, 0.15) is 0 Å². The number of nitrogens with zero attached hydrogens (tertiary/aromatic N) is 1. The van der Waals surface area contributed by atoms with Gasteiger partial charge in [0.25, 0.3) is 0 Å². The van der Waals surface area contributed by atoms with Crippen LogP contribution in [-0.4, -0.2) is 60.3 Å². The summed E-state index contributed by atoms with van der Waals surface area (Å²) in [7, 11) is 0. The molecule has 1 spiro atoms. The highest BCUT2D eigenvalue weighted by Crippen LogP contribution is 2.40. The second kappa shape index (κ2) is 7.20. The summed E-state index contributed by atoms with van der Waals surface area (Å²) in [6.45, 7) is 9.29. The maximum Gasteiger partial charge on any atom is 0.0795 e. The Hall–Kier alpha value is 0.230. The van der Waals surface area contributed by atoms with Gasteiger partial charge < -0.3 is 10.1 Å². The molecule has 0 aromatic rings. The Kier molecular flexibility index (Phi) is 5.52. The van der Waals surface area contributed by atoms with Crippen LogP contribution in [0.15, 0.2) is 0 Å². The van der Waals surface area contributed by atoms with Crippen molar-refractivity contribution in [3.05, 3.63) is 0 Å². The molecule has 3 aliphatic rings. The average Bonchev–Trinajstić information content (AvgIpc) is 2.93. The van der Waals surface area contributed by atoms with E-state index in [-0.39, 0.29) is 5.60 Å². The first-order valence-corrected chi connectivity index (χ1v) is 10.0. The lowest BCUT2D eigenvalue weighted by molar-refractivity contribution is -0.0938. The predicted octanol–water partition coefficient (Wildman–Crippen LogP) is 2.75. The lowest BCUT2D eigenvalue weighted by atomic mass is 9.87. The standard InChI is InChI=1S/C17H32N2OS/c1-14(2)18-11-15-4-3-7-19(12-15)16-5-8-20-17(10-16)6-9-21-13-17/h14-16,18H,3-13H2,1-2H3. The Balaban J connectivity index is 1.53. The number of piperidine rings is 1. The average molecular weight is 313 g/mol. The molecule has 0 bridgehead atoms. The van der Waals surface area contributed by atoms with E-state index in [1.54, 1.807) is 0 Å². The number of nitrogens with one attached hydrogen (secondary N) is 1. The molecule has 0 aromatic carbocycles. The third-order valence-electron chi connectivity index (χ3n) is 5.42. The van der Waals surface area contributed by atoms with Gasteiger partial charge in [-0.15, -0.1) is 0 Å². The molecule has 0 saturated carbocycles. The second-order valence-electron chi connectivity index (χ2n) is 7.55. The third-order valence-corrected chi connectivity index (χ3v) is 6.64. The van der Waals surface area contributed by atoms with E-state index in [4.69, 9.17) is 4.74 Å². The summed E-state index contributed by atoms with van der Waals surface area (Å²) in [6.07, 6.45) is 6.59. The van der Waals surface area contributed by atoms with Crippen LogP contribution < -0.4 is 5.32 Å². The summed E-state index contributed by atoms with van der Waals surface area (Å²) in [5, 5.41) is 3.63. The molecule has 3 rings (SSSR count). The molecule has 0 aromatic heterocycles. The van der Waals surface area contributed by atoms with E-state index in [0.29, 0.717) is 6.04 Å². The fourth-order valence-corrected chi connectivity index (χ4v) is 5.55. The highest BCUT2D eigenvalue weighted by atomic mass is 32.2. The first-order valence-electron chi connectivity index (χ1n) is 8.86. The Morgan fingerprint density at radius 1 is 1.38 bits per heavy atom. The van der Waals surface area contributed by atoms with Crippen molar-refractivity contribution < 1.29 is 4.74 Å². The van der Waals surface area contributed by atoms with Crippen molar-refractivity contribution in [1.29, 1.82) is 0 Å². The summed E-state index contributed by atoms with van der Waals surface area (Å²) < 4.78 is 6.19. The zero-order chi connectivity index (χ0) is 14.7. The Labute approximate surface area is 134 Å². The number of hydrogen-bond acceptors (Lipinski definition) is 4. The zero-order valence-corrected chi connectivity index (χ0v) is 14.6. The van der Waals surface area contributed by atoms with Gasteiger partial charge in [-0.3, -0.25) is 4.90 Å². The molecule has 21 heavy (non-hydrogen) atoms. The van der Waals surface area contributed by atoms with Gasteiger partial charge in [-0.2, -0.15) is 11.8 Å². The van der Waals surface area contributed by atoms with Crippen LogP contribution in [0, 0.1) is 5.92 Å². The van der Waals surface area contributed by atoms with E-state index >= 15 is 0 Å². The van der Waals surface area contributed by atoms with Crippen molar-refractivity contribution in [3.63, 3.8) is 0 Å². The molecule has 3 fully saturated rings. The number of hydrogen-bond donors (Lipinski definition) is 1. The Bertz CT molecular complexity index is 331. The molecular formula is C17H32N2OS. The lowest BCUT2D eigenvalue weighted by Gasteiger charge is -2.45. The molecule has 0 radical (unpaired) electrons. The van der Waals surface area contributed by atoms with Crippen molar-refractivity contribution in [2.75, 3.05) is 37.7 Å². The van der Waals surface area contributed by atoms with Crippen molar-refractivity contribution in [1.82, 2.24) is 10.2 Å². The monoisotopic (exact) mass is 312 g/mol.